The minimum absolute atomic E-state index is 0. The van der Waals surface area contributed by atoms with Gasteiger partial charge in [0, 0.05) is 60.0 Å². The molecule has 8 nitrogen and oxygen atoms in total. The standard InChI is InChI=1S/C43H68N2O6S2.Na/c1-42(2)38(44(28-14-16-30-52(46,47)48)36-26-24-32-18-10-12-20-34(32)40(36)42)22-8-6-5-7-9-23-39-43(3,4)41-35-21-13-11-19-33(35)25-27-37(41)45(39)29-15-17-31-53(49,50)51;/h5-9,22-23,32-37,40-41H,10-21,24-31H2,1-4H3,(H-,46,47,48,49,50,51);/q;+1/p-1. The summed E-state index contributed by atoms with van der Waals surface area (Å²) in [4.78, 5) is 2.58. The minimum atomic E-state index is -4.20. The number of rotatable bonds is 14. The van der Waals surface area contributed by atoms with Gasteiger partial charge in [-0.25, -0.2) is 21.4 Å². The maximum Gasteiger partial charge on any atom is 1.00 e. The van der Waals surface area contributed by atoms with E-state index in [4.69, 9.17) is 0 Å². The second-order valence-electron chi connectivity index (χ2n) is 18.6. The molecule has 0 amide bonds. The third-order valence-electron chi connectivity index (χ3n) is 14.8. The Labute approximate surface area is 350 Å². The Morgan fingerprint density at radius 1 is 0.667 bits per heavy atom. The van der Waals surface area contributed by atoms with Crippen LogP contribution in [0.2, 0.25) is 0 Å². The van der Waals surface area contributed by atoms with Gasteiger partial charge in [-0.15, -0.1) is 0 Å². The number of hydrogen-bond donors (Lipinski definition) is 0. The number of fused-ring (bicyclic) bond motifs is 6. The predicted molar refractivity (Wildman–Crippen MR) is 211 cm³/mol. The van der Waals surface area contributed by atoms with Gasteiger partial charge in [-0.2, -0.15) is 0 Å². The molecule has 8 atom stereocenters. The Kier molecular flexibility index (Phi) is 15.2. The summed E-state index contributed by atoms with van der Waals surface area (Å²) in [5.41, 5.74) is 2.72. The van der Waals surface area contributed by atoms with Crippen molar-refractivity contribution in [1.82, 2.24) is 4.90 Å². The molecule has 1 saturated heterocycles. The van der Waals surface area contributed by atoms with Crippen LogP contribution in [-0.4, -0.2) is 77.8 Å². The van der Waals surface area contributed by atoms with E-state index in [1.807, 2.05) is 0 Å². The van der Waals surface area contributed by atoms with E-state index in [0.29, 0.717) is 49.6 Å². The van der Waals surface area contributed by atoms with Crippen molar-refractivity contribution >= 4 is 25.9 Å². The number of allylic oxidation sites excluding steroid dienone is 8. The van der Waals surface area contributed by atoms with Gasteiger partial charge in [-0.3, -0.25) is 0 Å². The third-order valence-corrected chi connectivity index (χ3v) is 16.4. The van der Waals surface area contributed by atoms with E-state index >= 15 is 0 Å². The van der Waals surface area contributed by atoms with E-state index in [0.717, 1.165) is 36.8 Å². The van der Waals surface area contributed by atoms with Crippen molar-refractivity contribution in [3.63, 3.8) is 0 Å². The van der Waals surface area contributed by atoms with Crippen molar-refractivity contribution < 1.29 is 60.1 Å². The smallest absolute Gasteiger partial charge is 0.748 e. The molecule has 6 aliphatic rings. The Hall–Kier alpha value is -0.750. The Morgan fingerprint density at radius 2 is 1.22 bits per heavy atom. The number of unbranched alkanes of at least 4 members (excludes halogenated alkanes) is 2. The van der Waals surface area contributed by atoms with Crippen LogP contribution < -0.4 is 29.6 Å². The van der Waals surface area contributed by atoms with Crippen LogP contribution in [0.15, 0.2) is 48.2 Å². The first-order valence-electron chi connectivity index (χ1n) is 21.1. The fraction of sp³-hybridized carbons (Fsp3) is 0.791. The molecule has 5 fully saturated rings. The van der Waals surface area contributed by atoms with E-state index < -0.39 is 20.2 Å². The van der Waals surface area contributed by atoms with Crippen molar-refractivity contribution in [3.8, 4) is 0 Å². The molecule has 0 N–H and O–H groups in total. The monoisotopic (exact) mass is 794 g/mol. The van der Waals surface area contributed by atoms with Gasteiger partial charge in [0.2, 0.25) is 0 Å². The molecule has 6 rings (SSSR count). The second-order valence-corrected chi connectivity index (χ2v) is 21.6. The summed E-state index contributed by atoms with van der Waals surface area (Å²) in [5.74, 6) is 3.73. The molecule has 0 aromatic heterocycles. The fourth-order valence-corrected chi connectivity index (χ4v) is 13.9. The van der Waals surface area contributed by atoms with Gasteiger partial charge in [0.05, 0.1) is 25.7 Å². The Balaban J connectivity index is 0.00000561. The van der Waals surface area contributed by atoms with E-state index in [1.165, 1.54) is 88.5 Å². The van der Waals surface area contributed by atoms with Gasteiger partial charge in [0.25, 0.3) is 0 Å². The van der Waals surface area contributed by atoms with Crippen LogP contribution in [0.1, 0.15) is 130 Å². The summed E-state index contributed by atoms with van der Waals surface area (Å²) in [6.07, 6.45) is 33.0. The zero-order valence-corrected chi connectivity index (χ0v) is 37.6. The van der Waals surface area contributed by atoms with Gasteiger partial charge in [0.1, 0.15) is 6.54 Å². The van der Waals surface area contributed by atoms with Crippen molar-refractivity contribution in [2.24, 2.45) is 46.3 Å². The largest absolute Gasteiger partial charge is 1.00 e. The minimum Gasteiger partial charge on any atom is -0.748 e. The Bertz CT molecular complexity index is 1680. The molecule has 4 aliphatic carbocycles. The normalized spacial score (nSPS) is 34.3. The maximum absolute atomic E-state index is 11.3. The van der Waals surface area contributed by atoms with Crippen LogP contribution in [0.25, 0.3) is 0 Å². The second kappa shape index (κ2) is 18.4. The summed E-state index contributed by atoms with van der Waals surface area (Å²) in [7, 11) is -8.40. The first kappa shape index (κ1) is 44.4. The molecular formula is C43H67N2NaO6S2. The number of likely N-dealkylation sites (tertiary alicyclic amines) is 1. The number of hydrogen-bond acceptors (Lipinski definition) is 7. The summed E-state index contributed by atoms with van der Waals surface area (Å²) < 4.78 is 70.5. The van der Waals surface area contributed by atoms with E-state index in [-0.39, 0.29) is 51.9 Å². The van der Waals surface area contributed by atoms with Crippen LogP contribution in [0.3, 0.4) is 0 Å². The predicted octanol–water partition coefficient (Wildman–Crippen LogP) is 5.20. The molecular weight excluding hydrogens is 728 g/mol. The van der Waals surface area contributed by atoms with Gasteiger partial charge in [-0.05, 0) is 101 Å². The van der Waals surface area contributed by atoms with E-state index in [2.05, 4.69) is 79.7 Å². The van der Waals surface area contributed by atoms with Gasteiger partial charge < -0.3 is 14.0 Å². The zero-order chi connectivity index (χ0) is 38.0. The summed E-state index contributed by atoms with van der Waals surface area (Å²) in [6, 6.07) is 0.941. The molecule has 2 aliphatic heterocycles. The summed E-state index contributed by atoms with van der Waals surface area (Å²) >= 11 is 0. The first-order valence-corrected chi connectivity index (χ1v) is 24.2. The van der Waals surface area contributed by atoms with Crippen LogP contribution >= 0.6 is 0 Å². The number of nitrogens with zero attached hydrogens (tertiary/aromatic N) is 2. The van der Waals surface area contributed by atoms with Crippen LogP contribution in [0, 0.1) is 46.3 Å². The molecule has 54 heavy (non-hydrogen) atoms. The SMILES string of the molecule is CC1(C)C(/C=C/C=C/C=C/C=C2/N(CCCCS(=O)(=O)[O-])C3CCC4CCCCC4C3C2(C)C)=[N+](CCCCS(=O)(=O)[O-])C2CCC3CCCCC3C21.[Na+]. The van der Waals surface area contributed by atoms with Crippen molar-refractivity contribution in [2.45, 2.75) is 143 Å². The Morgan fingerprint density at radius 3 is 1.87 bits per heavy atom. The molecule has 0 bridgehead atoms. The maximum atomic E-state index is 11.3. The topological polar surface area (TPSA) is 121 Å². The summed E-state index contributed by atoms with van der Waals surface area (Å²) in [5, 5.41) is 0. The molecule has 298 valence electrons. The van der Waals surface area contributed by atoms with E-state index in [1.54, 1.807) is 0 Å². The van der Waals surface area contributed by atoms with E-state index in [9.17, 15) is 25.9 Å². The average Bonchev–Trinajstić information content (AvgIpc) is 3.45. The van der Waals surface area contributed by atoms with Crippen molar-refractivity contribution in [2.75, 3.05) is 24.6 Å². The molecule has 0 spiro atoms. The molecule has 2 heterocycles. The quantitative estimate of drug-likeness (QED) is 0.0780. The average molecular weight is 795 g/mol. The fourth-order valence-electron chi connectivity index (χ4n) is 12.8. The van der Waals surface area contributed by atoms with Gasteiger partial charge >= 0.3 is 29.6 Å². The van der Waals surface area contributed by atoms with Crippen LogP contribution in [0.4, 0.5) is 0 Å². The van der Waals surface area contributed by atoms with Crippen molar-refractivity contribution in [3.05, 3.63) is 48.2 Å². The van der Waals surface area contributed by atoms with Crippen LogP contribution in [-0.2, 0) is 20.2 Å². The zero-order valence-electron chi connectivity index (χ0n) is 34.0. The molecule has 8 unspecified atom stereocenters. The van der Waals surface area contributed by atoms with Crippen LogP contribution in [0.5, 0.6) is 0 Å². The molecule has 4 saturated carbocycles. The van der Waals surface area contributed by atoms with Crippen molar-refractivity contribution in [1.29, 1.82) is 0 Å². The first-order chi connectivity index (χ1) is 25.1. The summed E-state index contributed by atoms with van der Waals surface area (Å²) in [6.45, 7) is 11.2. The third kappa shape index (κ3) is 10.1. The molecule has 0 radical (unpaired) electrons. The van der Waals surface area contributed by atoms with Gasteiger partial charge in [0.15, 0.2) is 11.8 Å². The molecule has 0 aromatic rings. The van der Waals surface area contributed by atoms with Gasteiger partial charge in [-0.1, -0.05) is 82.8 Å². The molecule has 0 aromatic carbocycles. The molecule has 11 heteroatoms.